The van der Waals surface area contributed by atoms with Crippen LogP contribution in [0.5, 0.6) is 0 Å². The van der Waals surface area contributed by atoms with Gasteiger partial charge >= 0.3 is 0 Å². The van der Waals surface area contributed by atoms with Crippen molar-refractivity contribution in [3.63, 3.8) is 0 Å². The fourth-order valence-corrected chi connectivity index (χ4v) is 2.45. The lowest BCUT2D eigenvalue weighted by Crippen LogP contribution is -2.39. The van der Waals surface area contributed by atoms with Gasteiger partial charge in [0, 0.05) is 43.3 Å². The molecule has 3 N–H and O–H groups in total. The van der Waals surface area contributed by atoms with E-state index in [1.807, 2.05) is 43.8 Å². The molecule has 1 heterocycles. The minimum atomic E-state index is -0.113. The van der Waals surface area contributed by atoms with Gasteiger partial charge in [-0.05, 0) is 36.6 Å². The van der Waals surface area contributed by atoms with Crippen LogP contribution in [0.2, 0.25) is 0 Å². The summed E-state index contributed by atoms with van der Waals surface area (Å²) in [6.45, 7) is 4.76. The van der Waals surface area contributed by atoms with Crippen LogP contribution in [0.3, 0.4) is 0 Å². The third-order valence-corrected chi connectivity index (χ3v) is 4.08. The number of benzene rings is 1. The molecule has 0 aliphatic rings. The van der Waals surface area contributed by atoms with Gasteiger partial charge in [-0.25, -0.2) is 4.98 Å². The van der Waals surface area contributed by atoms with Crippen molar-refractivity contribution in [2.45, 2.75) is 32.9 Å². The van der Waals surface area contributed by atoms with Gasteiger partial charge < -0.3 is 20.3 Å². The van der Waals surface area contributed by atoms with Crippen LogP contribution in [0.25, 0.3) is 0 Å². The Hall–Kier alpha value is -2.34. The molecule has 24 heavy (non-hydrogen) atoms. The first-order valence-corrected chi connectivity index (χ1v) is 8.23. The minimum Gasteiger partial charge on any atom is -0.396 e. The smallest absolute Gasteiger partial charge is 0.251 e. The van der Waals surface area contributed by atoms with Crippen molar-refractivity contribution in [2.24, 2.45) is 13.0 Å². The highest BCUT2D eigenvalue weighted by molar-refractivity contribution is 5.94. The second kappa shape index (κ2) is 8.49. The van der Waals surface area contributed by atoms with E-state index in [0.717, 1.165) is 11.5 Å². The second-order valence-corrected chi connectivity index (χ2v) is 6.22. The maximum Gasteiger partial charge on any atom is 0.251 e. The fourth-order valence-electron chi connectivity index (χ4n) is 2.45. The van der Waals surface area contributed by atoms with Crippen LogP contribution in [0, 0.1) is 5.92 Å². The molecule has 1 aromatic heterocycles. The number of nitrogens with zero attached hydrogens (tertiary/aromatic N) is 2. The van der Waals surface area contributed by atoms with Gasteiger partial charge in [-0.3, -0.25) is 4.79 Å². The average molecular weight is 330 g/mol. The molecule has 1 amide bonds. The molecule has 1 atom stereocenters. The van der Waals surface area contributed by atoms with Gasteiger partial charge in [0.05, 0.1) is 6.54 Å². The van der Waals surface area contributed by atoms with Crippen LogP contribution in [0.15, 0.2) is 36.7 Å². The predicted octanol–water partition coefficient (Wildman–Crippen LogP) is 2.17. The molecule has 6 heteroatoms. The summed E-state index contributed by atoms with van der Waals surface area (Å²) in [7, 11) is 1.95. The first-order chi connectivity index (χ1) is 11.5. The van der Waals surface area contributed by atoms with E-state index in [1.54, 1.807) is 18.3 Å². The molecule has 2 rings (SSSR count). The van der Waals surface area contributed by atoms with Crippen LogP contribution >= 0.6 is 0 Å². The van der Waals surface area contributed by atoms with Crippen molar-refractivity contribution in [3.05, 3.63) is 48.0 Å². The topological polar surface area (TPSA) is 79.2 Å². The molecule has 0 bridgehead atoms. The van der Waals surface area contributed by atoms with Gasteiger partial charge in [0.25, 0.3) is 5.91 Å². The van der Waals surface area contributed by atoms with Gasteiger partial charge in [-0.2, -0.15) is 0 Å². The molecule has 0 radical (unpaired) electrons. The molecular formula is C18H26N4O2. The number of carbonyl (C=O) groups excluding carboxylic acids is 1. The lowest BCUT2D eigenvalue weighted by Gasteiger charge is -2.21. The Morgan fingerprint density at radius 1 is 1.29 bits per heavy atom. The molecule has 0 aliphatic carbocycles. The Kier molecular flexibility index (Phi) is 6.37. The zero-order valence-electron chi connectivity index (χ0n) is 14.5. The third kappa shape index (κ3) is 4.83. The lowest BCUT2D eigenvalue weighted by atomic mass is 10.0. The number of amides is 1. The standard InChI is InChI=1S/C18H26N4O2/c1-13(2)16(8-11-23)21-18(24)14-4-6-15(7-5-14)20-12-17-19-9-10-22(17)3/h4-7,9-10,13,16,20,23H,8,11-12H2,1-3H3,(H,21,24). The van der Waals surface area contributed by atoms with Gasteiger partial charge in [0.15, 0.2) is 0 Å². The molecule has 0 spiro atoms. The minimum absolute atomic E-state index is 0.0243. The van der Waals surface area contributed by atoms with E-state index in [0.29, 0.717) is 18.5 Å². The Labute approximate surface area is 142 Å². The van der Waals surface area contributed by atoms with E-state index in [2.05, 4.69) is 15.6 Å². The molecular weight excluding hydrogens is 304 g/mol. The fraction of sp³-hybridized carbons (Fsp3) is 0.444. The van der Waals surface area contributed by atoms with E-state index in [1.165, 1.54) is 0 Å². The molecule has 0 saturated heterocycles. The van der Waals surface area contributed by atoms with Crippen LogP contribution in [0.4, 0.5) is 5.69 Å². The quantitative estimate of drug-likeness (QED) is 0.693. The van der Waals surface area contributed by atoms with Crippen molar-refractivity contribution in [3.8, 4) is 0 Å². The van der Waals surface area contributed by atoms with Crippen molar-refractivity contribution in [2.75, 3.05) is 11.9 Å². The summed E-state index contributed by atoms with van der Waals surface area (Å²) in [6, 6.07) is 7.34. The van der Waals surface area contributed by atoms with Gasteiger partial charge in [0.1, 0.15) is 5.82 Å². The third-order valence-electron chi connectivity index (χ3n) is 4.08. The molecule has 2 aromatic rings. The highest BCUT2D eigenvalue weighted by Gasteiger charge is 2.16. The van der Waals surface area contributed by atoms with Gasteiger partial charge in [-0.15, -0.1) is 0 Å². The molecule has 6 nitrogen and oxygen atoms in total. The van der Waals surface area contributed by atoms with Crippen molar-refractivity contribution in [1.29, 1.82) is 0 Å². The number of aliphatic hydroxyl groups is 1. The summed E-state index contributed by atoms with van der Waals surface area (Å²) in [5.41, 5.74) is 1.55. The van der Waals surface area contributed by atoms with Crippen molar-refractivity contribution in [1.82, 2.24) is 14.9 Å². The predicted molar refractivity (Wildman–Crippen MR) is 94.8 cm³/mol. The largest absolute Gasteiger partial charge is 0.396 e. The molecule has 130 valence electrons. The maximum absolute atomic E-state index is 12.3. The molecule has 1 unspecified atom stereocenters. The number of anilines is 1. The van der Waals surface area contributed by atoms with Crippen LogP contribution < -0.4 is 10.6 Å². The Bertz CT molecular complexity index is 649. The molecule has 0 fully saturated rings. The normalized spacial score (nSPS) is 12.2. The summed E-state index contributed by atoms with van der Waals surface area (Å²) in [5.74, 6) is 1.11. The summed E-state index contributed by atoms with van der Waals surface area (Å²) in [6.07, 6.45) is 4.23. The molecule has 1 aromatic carbocycles. The van der Waals surface area contributed by atoms with E-state index in [9.17, 15) is 4.79 Å². The average Bonchev–Trinajstić information content (AvgIpc) is 2.98. The number of hydrogen-bond donors (Lipinski definition) is 3. The zero-order chi connectivity index (χ0) is 17.5. The van der Waals surface area contributed by atoms with Crippen molar-refractivity contribution < 1.29 is 9.90 Å². The highest BCUT2D eigenvalue weighted by Crippen LogP contribution is 2.12. The number of hydrogen-bond acceptors (Lipinski definition) is 4. The Morgan fingerprint density at radius 3 is 2.54 bits per heavy atom. The number of aliphatic hydroxyl groups excluding tert-OH is 1. The number of imidazole rings is 1. The van der Waals surface area contributed by atoms with Gasteiger partial charge in [-0.1, -0.05) is 13.8 Å². The van der Waals surface area contributed by atoms with Crippen LogP contribution in [-0.2, 0) is 13.6 Å². The zero-order valence-corrected chi connectivity index (χ0v) is 14.5. The monoisotopic (exact) mass is 330 g/mol. The lowest BCUT2D eigenvalue weighted by molar-refractivity contribution is 0.0916. The number of carbonyl (C=O) groups is 1. The number of aromatic nitrogens is 2. The summed E-state index contributed by atoms with van der Waals surface area (Å²) in [5, 5.41) is 15.4. The molecule has 0 aliphatic heterocycles. The van der Waals surface area contributed by atoms with Crippen LogP contribution in [-0.4, -0.2) is 33.2 Å². The van der Waals surface area contributed by atoms with E-state index >= 15 is 0 Å². The van der Waals surface area contributed by atoms with Gasteiger partial charge in [0.2, 0.25) is 0 Å². The van der Waals surface area contributed by atoms with E-state index in [-0.39, 0.29) is 24.5 Å². The first kappa shape index (κ1) is 18.0. The summed E-state index contributed by atoms with van der Waals surface area (Å²) in [4.78, 5) is 16.6. The maximum atomic E-state index is 12.3. The SMILES string of the molecule is CC(C)C(CCO)NC(=O)c1ccc(NCc2nccn2C)cc1. The van der Waals surface area contributed by atoms with E-state index < -0.39 is 0 Å². The Balaban J connectivity index is 1.93. The van der Waals surface area contributed by atoms with E-state index in [4.69, 9.17) is 5.11 Å². The highest BCUT2D eigenvalue weighted by atomic mass is 16.3. The first-order valence-electron chi connectivity index (χ1n) is 8.23. The summed E-state index contributed by atoms with van der Waals surface area (Å²) >= 11 is 0. The Morgan fingerprint density at radius 2 is 2.00 bits per heavy atom. The summed E-state index contributed by atoms with van der Waals surface area (Å²) < 4.78 is 1.96. The van der Waals surface area contributed by atoms with Crippen LogP contribution in [0.1, 0.15) is 36.5 Å². The van der Waals surface area contributed by atoms with Crippen molar-refractivity contribution >= 4 is 11.6 Å². The number of nitrogens with one attached hydrogen (secondary N) is 2. The molecule has 0 saturated carbocycles. The number of rotatable bonds is 8. The second-order valence-electron chi connectivity index (χ2n) is 6.22. The number of aryl methyl sites for hydroxylation is 1.